The summed E-state index contributed by atoms with van der Waals surface area (Å²) < 4.78 is 4.69. The number of nitrogens with zero attached hydrogens (tertiary/aromatic N) is 1. The molecule has 1 aromatic heterocycles. The highest BCUT2D eigenvalue weighted by atomic mass is 35.5. The molecule has 0 aliphatic carbocycles. The van der Waals surface area contributed by atoms with Crippen molar-refractivity contribution in [3.8, 4) is 5.88 Å². The third-order valence-corrected chi connectivity index (χ3v) is 3.99. The molecule has 2 N–H and O–H groups in total. The number of methoxy groups -OCH3 is 1. The van der Waals surface area contributed by atoms with Gasteiger partial charge in [-0.1, -0.05) is 23.2 Å². The van der Waals surface area contributed by atoms with E-state index in [1.165, 1.54) is 13.3 Å². The Morgan fingerprint density at radius 3 is 2.83 bits per heavy atom. The highest BCUT2D eigenvalue weighted by Crippen LogP contribution is 2.29. The largest absolute Gasteiger partial charge is 0.494 e. The van der Waals surface area contributed by atoms with Crippen LogP contribution >= 0.6 is 11.6 Å². The van der Waals surface area contributed by atoms with E-state index in [-0.39, 0.29) is 5.88 Å². The smallest absolute Gasteiger partial charge is 0.337 e. The van der Waals surface area contributed by atoms with Crippen LogP contribution in [0.3, 0.4) is 0 Å². The Hall–Kier alpha value is -2.79. The van der Waals surface area contributed by atoms with Gasteiger partial charge in [0.25, 0.3) is 0 Å². The molecule has 0 spiro atoms. The van der Waals surface area contributed by atoms with Crippen LogP contribution in [-0.4, -0.2) is 29.4 Å². The van der Waals surface area contributed by atoms with Crippen LogP contribution in [0, 0.1) is 6.92 Å². The minimum atomic E-state index is -0.464. The molecule has 0 bridgehead atoms. The number of benzene rings is 2. The highest BCUT2D eigenvalue weighted by molar-refractivity contribution is 6.33. The van der Waals surface area contributed by atoms with E-state index < -0.39 is 5.97 Å². The average molecular weight is 343 g/mol. The summed E-state index contributed by atoms with van der Waals surface area (Å²) in [7, 11) is 1.31. The number of ether oxygens (including phenoxy) is 1. The van der Waals surface area contributed by atoms with Crippen LogP contribution in [0.4, 0.5) is 5.69 Å². The van der Waals surface area contributed by atoms with E-state index in [0.717, 1.165) is 16.5 Å². The lowest BCUT2D eigenvalue weighted by atomic mass is 10.1. The molecule has 122 valence electrons. The molecule has 0 unspecified atom stereocenters. The predicted molar refractivity (Wildman–Crippen MR) is 94.7 cm³/mol. The molecule has 24 heavy (non-hydrogen) atoms. The minimum absolute atomic E-state index is 0.0274. The van der Waals surface area contributed by atoms with E-state index in [0.29, 0.717) is 21.8 Å². The Morgan fingerprint density at radius 2 is 2.08 bits per heavy atom. The van der Waals surface area contributed by atoms with E-state index in [2.05, 4.69) is 9.98 Å². The second kappa shape index (κ2) is 6.37. The van der Waals surface area contributed by atoms with Crippen LogP contribution in [0.15, 0.2) is 41.4 Å². The van der Waals surface area contributed by atoms with Crippen LogP contribution < -0.4 is 0 Å². The van der Waals surface area contributed by atoms with Gasteiger partial charge in [-0.15, -0.1) is 0 Å². The van der Waals surface area contributed by atoms with Gasteiger partial charge >= 0.3 is 5.97 Å². The molecule has 6 heteroatoms. The van der Waals surface area contributed by atoms with Gasteiger partial charge in [-0.05, 0) is 37.3 Å². The van der Waals surface area contributed by atoms with E-state index in [1.54, 1.807) is 18.2 Å². The molecule has 0 radical (unpaired) electrons. The molecular weight excluding hydrogens is 328 g/mol. The summed E-state index contributed by atoms with van der Waals surface area (Å²) in [6, 6.07) is 10.5. The fraction of sp³-hybridized carbons (Fsp3) is 0.111. The predicted octanol–water partition coefficient (Wildman–Crippen LogP) is 4.37. The normalized spacial score (nSPS) is 11.3. The summed E-state index contributed by atoms with van der Waals surface area (Å²) >= 11 is 6.13. The van der Waals surface area contributed by atoms with E-state index >= 15 is 0 Å². The van der Waals surface area contributed by atoms with Gasteiger partial charge in [0.05, 0.1) is 28.9 Å². The molecule has 0 fully saturated rings. The lowest BCUT2D eigenvalue weighted by Gasteiger charge is -2.02. The number of H-pyrrole nitrogens is 1. The summed E-state index contributed by atoms with van der Waals surface area (Å²) in [5.41, 5.74) is 3.22. The fourth-order valence-electron chi connectivity index (χ4n) is 2.43. The minimum Gasteiger partial charge on any atom is -0.494 e. The number of halogens is 1. The van der Waals surface area contributed by atoms with Gasteiger partial charge in [0.2, 0.25) is 0 Å². The number of aromatic nitrogens is 1. The van der Waals surface area contributed by atoms with Gasteiger partial charge in [-0.2, -0.15) is 0 Å². The molecule has 0 amide bonds. The van der Waals surface area contributed by atoms with Crippen molar-refractivity contribution in [2.75, 3.05) is 7.11 Å². The maximum atomic E-state index is 11.6. The SMILES string of the molecule is COC(=O)c1ccc(Cl)c(N=Cc2c(O)[nH]c3ccc(C)cc23)c1. The van der Waals surface area contributed by atoms with Crippen molar-refractivity contribution in [3.63, 3.8) is 0 Å². The van der Waals surface area contributed by atoms with E-state index in [4.69, 9.17) is 16.3 Å². The van der Waals surface area contributed by atoms with Crippen LogP contribution in [0.5, 0.6) is 5.88 Å². The number of rotatable bonds is 3. The first kappa shape index (κ1) is 16.1. The van der Waals surface area contributed by atoms with Crippen molar-refractivity contribution >= 4 is 40.4 Å². The Morgan fingerprint density at radius 1 is 1.29 bits per heavy atom. The number of carbonyl (C=O) groups is 1. The Balaban J connectivity index is 2.04. The standard InChI is InChI=1S/C18H15ClN2O3/c1-10-3-6-15-12(7-10)13(17(22)21-15)9-20-16-8-11(18(23)24-2)4-5-14(16)19/h3-9,21-22H,1-2H3. The maximum absolute atomic E-state index is 11.6. The van der Waals surface area contributed by atoms with Gasteiger partial charge in [0, 0.05) is 17.1 Å². The average Bonchev–Trinajstić information content (AvgIpc) is 2.88. The van der Waals surface area contributed by atoms with E-state index in [1.807, 2.05) is 25.1 Å². The molecule has 0 atom stereocenters. The maximum Gasteiger partial charge on any atom is 0.337 e. The van der Waals surface area contributed by atoms with Gasteiger partial charge < -0.3 is 14.8 Å². The third kappa shape index (κ3) is 2.98. The first-order valence-corrected chi connectivity index (χ1v) is 7.60. The van der Waals surface area contributed by atoms with Crippen molar-refractivity contribution in [2.24, 2.45) is 4.99 Å². The topological polar surface area (TPSA) is 74.7 Å². The van der Waals surface area contributed by atoms with Crippen LogP contribution in [0.1, 0.15) is 21.5 Å². The number of hydrogen-bond acceptors (Lipinski definition) is 4. The second-order valence-corrected chi connectivity index (χ2v) is 5.76. The quantitative estimate of drug-likeness (QED) is 0.548. The summed E-state index contributed by atoms with van der Waals surface area (Å²) in [6.45, 7) is 1.97. The van der Waals surface area contributed by atoms with Gasteiger partial charge in [0.15, 0.2) is 5.88 Å². The first-order chi connectivity index (χ1) is 11.5. The zero-order valence-electron chi connectivity index (χ0n) is 13.1. The van der Waals surface area contributed by atoms with Gasteiger partial charge in [0.1, 0.15) is 0 Å². The van der Waals surface area contributed by atoms with Crippen molar-refractivity contribution in [3.05, 3.63) is 58.1 Å². The number of fused-ring (bicyclic) bond motifs is 1. The Kier molecular flexibility index (Phi) is 4.27. The number of esters is 1. The molecule has 0 aliphatic heterocycles. The second-order valence-electron chi connectivity index (χ2n) is 5.35. The van der Waals surface area contributed by atoms with Crippen molar-refractivity contribution < 1.29 is 14.6 Å². The number of carbonyl (C=O) groups excluding carboxylic acids is 1. The van der Waals surface area contributed by atoms with Crippen molar-refractivity contribution in [1.29, 1.82) is 0 Å². The lowest BCUT2D eigenvalue weighted by Crippen LogP contribution is -2.00. The van der Waals surface area contributed by atoms with Crippen LogP contribution in [-0.2, 0) is 4.74 Å². The van der Waals surface area contributed by atoms with E-state index in [9.17, 15) is 9.90 Å². The molecule has 0 aliphatic rings. The van der Waals surface area contributed by atoms with Crippen LogP contribution in [0.2, 0.25) is 5.02 Å². The van der Waals surface area contributed by atoms with Gasteiger partial charge in [-0.25, -0.2) is 4.79 Å². The Bertz CT molecular complexity index is 960. The summed E-state index contributed by atoms with van der Waals surface area (Å²) in [4.78, 5) is 18.8. The summed E-state index contributed by atoms with van der Waals surface area (Å²) in [5, 5.41) is 11.4. The number of aryl methyl sites for hydroxylation is 1. The number of aromatic hydroxyl groups is 1. The fourth-order valence-corrected chi connectivity index (χ4v) is 2.60. The molecule has 3 rings (SSSR count). The molecule has 0 saturated heterocycles. The molecule has 0 saturated carbocycles. The molecule has 3 aromatic rings. The molecular formula is C18H15ClN2O3. The summed E-state index contributed by atoms with van der Waals surface area (Å²) in [6.07, 6.45) is 1.52. The first-order valence-electron chi connectivity index (χ1n) is 7.23. The van der Waals surface area contributed by atoms with Gasteiger partial charge in [-0.3, -0.25) is 4.99 Å². The van der Waals surface area contributed by atoms with Crippen molar-refractivity contribution in [1.82, 2.24) is 4.98 Å². The highest BCUT2D eigenvalue weighted by Gasteiger charge is 2.11. The number of aromatic amines is 1. The monoisotopic (exact) mass is 342 g/mol. The van der Waals surface area contributed by atoms with Crippen LogP contribution in [0.25, 0.3) is 10.9 Å². The van der Waals surface area contributed by atoms with Crippen molar-refractivity contribution in [2.45, 2.75) is 6.92 Å². The molecule has 2 aromatic carbocycles. The third-order valence-electron chi connectivity index (χ3n) is 3.67. The lowest BCUT2D eigenvalue weighted by molar-refractivity contribution is 0.0601. The zero-order chi connectivity index (χ0) is 17.3. The number of hydrogen-bond donors (Lipinski definition) is 2. The number of aliphatic imine (C=N–C) groups is 1. The zero-order valence-corrected chi connectivity index (χ0v) is 13.9. The molecule has 5 nitrogen and oxygen atoms in total. The number of nitrogens with one attached hydrogen (secondary N) is 1. The Labute approximate surface area is 143 Å². The molecule has 1 heterocycles. The summed E-state index contributed by atoms with van der Waals surface area (Å²) in [5.74, 6) is -0.437.